The van der Waals surface area contributed by atoms with Crippen molar-refractivity contribution in [2.45, 2.75) is 38.7 Å². The first-order valence-electron chi connectivity index (χ1n) is 9.99. The molecule has 0 bridgehead atoms. The Morgan fingerprint density at radius 2 is 1.93 bits per heavy atom. The van der Waals surface area contributed by atoms with Gasteiger partial charge < -0.3 is 15.4 Å². The van der Waals surface area contributed by atoms with Crippen LogP contribution in [0.2, 0.25) is 0 Å². The highest BCUT2D eigenvalue weighted by Gasteiger charge is 2.17. The number of phenols is 1. The molecule has 1 atom stereocenters. The lowest BCUT2D eigenvalue weighted by Gasteiger charge is -2.21. The molecule has 29 heavy (non-hydrogen) atoms. The Balaban J connectivity index is 2.23. The maximum absolute atomic E-state index is 9.89. The van der Waals surface area contributed by atoms with E-state index in [0.29, 0.717) is 6.42 Å². The molecule has 1 unspecified atom stereocenters. The SMILES string of the molecule is CCCC/C(=C(\C1=CCC(O)C=C1)c1ccc(O)cc1)c1cccc(/C=N/O)c1. The summed E-state index contributed by atoms with van der Waals surface area (Å²) in [5, 5.41) is 31.7. The van der Waals surface area contributed by atoms with E-state index < -0.39 is 6.10 Å². The Hall–Kier alpha value is -3.11. The molecule has 4 nitrogen and oxygen atoms in total. The van der Waals surface area contributed by atoms with Crippen molar-refractivity contribution >= 4 is 17.4 Å². The van der Waals surface area contributed by atoms with Crippen LogP contribution >= 0.6 is 0 Å². The molecular formula is C25H27NO3. The maximum Gasteiger partial charge on any atom is 0.115 e. The van der Waals surface area contributed by atoms with E-state index in [1.165, 1.54) is 11.8 Å². The van der Waals surface area contributed by atoms with Crippen LogP contribution in [0.5, 0.6) is 5.75 Å². The monoisotopic (exact) mass is 389 g/mol. The lowest BCUT2D eigenvalue weighted by atomic mass is 9.84. The molecule has 0 heterocycles. The van der Waals surface area contributed by atoms with Crippen molar-refractivity contribution in [2.24, 2.45) is 5.16 Å². The highest BCUT2D eigenvalue weighted by Crippen LogP contribution is 2.38. The van der Waals surface area contributed by atoms with Crippen molar-refractivity contribution in [1.29, 1.82) is 0 Å². The van der Waals surface area contributed by atoms with E-state index in [-0.39, 0.29) is 5.75 Å². The Labute approximate surface area is 171 Å². The first-order valence-corrected chi connectivity index (χ1v) is 9.99. The van der Waals surface area contributed by atoms with Crippen molar-refractivity contribution in [1.82, 2.24) is 0 Å². The number of hydrogen-bond donors (Lipinski definition) is 3. The third kappa shape index (κ3) is 5.24. The molecule has 0 radical (unpaired) electrons. The van der Waals surface area contributed by atoms with E-state index >= 15 is 0 Å². The van der Waals surface area contributed by atoms with Gasteiger partial charge in [-0.05, 0) is 70.9 Å². The van der Waals surface area contributed by atoms with Gasteiger partial charge in [-0.15, -0.1) is 0 Å². The van der Waals surface area contributed by atoms with Crippen molar-refractivity contribution < 1.29 is 15.4 Å². The molecule has 1 aliphatic carbocycles. The van der Waals surface area contributed by atoms with E-state index in [0.717, 1.165) is 47.1 Å². The van der Waals surface area contributed by atoms with Gasteiger partial charge in [0.15, 0.2) is 0 Å². The number of benzene rings is 2. The molecule has 0 fully saturated rings. The average Bonchev–Trinajstić information content (AvgIpc) is 2.73. The maximum atomic E-state index is 9.89. The first kappa shape index (κ1) is 20.6. The van der Waals surface area contributed by atoms with Crippen molar-refractivity contribution in [3.63, 3.8) is 0 Å². The molecule has 2 aromatic rings. The van der Waals surface area contributed by atoms with E-state index in [1.807, 2.05) is 42.5 Å². The minimum Gasteiger partial charge on any atom is -0.508 e. The van der Waals surface area contributed by atoms with E-state index in [1.54, 1.807) is 12.1 Å². The van der Waals surface area contributed by atoms with Crippen LogP contribution < -0.4 is 0 Å². The lowest BCUT2D eigenvalue weighted by molar-refractivity contribution is 0.225. The third-order valence-corrected chi connectivity index (χ3v) is 5.05. The summed E-state index contributed by atoms with van der Waals surface area (Å²) in [6.07, 6.45) is 10.4. The summed E-state index contributed by atoms with van der Waals surface area (Å²) in [7, 11) is 0. The van der Waals surface area contributed by atoms with E-state index in [2.05, 4.69) is 24.2 Å². The van der Waals surface area contributed by atoms with Crippen LogP contribution in [-0.4, -0.2) is 27.7 Å². The van der Waals surface area contributed by atoms with Crippen LogP contribution in [0.15, 0.2) is 77.5 Å². The van der Waals surface area contributed by atoms with Crippen LogP contribution in [0.25, 0.3) is 11.1 Å². The zero-order valence-electron chi connectivity index (χ0n) is 16.6. The summed E-state index contributed by atoms with van der Waals surface area (Å²) < 4.78 is 0. The zero-order chi connectivity index (χ0) is 20.6. The predicted molar refractivity (Wildman–Crippen MR) is 118 cm³/mol. The fourth-order valence-corrected chi connectivity index (χ4v) is 3.58. The van der Waals surface area contributed by atoms with Gasteiger partial charge in [0.25, 0.3) is 0 Å². The number of phenolic OH excluding ortho intramolecular Hbond substituents is 1. The number of aromatic hydroxyl groups is 1. The number of nitrogens with zero attached hydrogens (tertiary/aromatic N) is 1. The topological polar surface area (TPSA) is 73.0 Å². The van der Waals surface area contributed by atoms with Gasteiger partial charge in [-0.2, -0.15) is 0 Å². The Morgan fingerprint density at radius 3 is 2.59 bits per heavy atom. The summed E-state index contributed by atoms with van der Waals surface area (Å²) in [4.78, 5) is 0. The molecular weight excluding hydrogens is 362 g/mol. The molecule has 3 N–H and O–H groups in total. The summed E-state index contributed by atoms with van der Waals surface area (Å²) in [5.41, 5.74) is 6.26. The number of allylic oxidation sites excluding steroid dienone is 4. The molecule has 0 aromatic heterocycles. The number of unbranched alkanes of at least 4 members (excludes halogenated alkanes) is 1. The lowest BCUT2D eigenvalue weighted by Crippen LogP contribution is -2.06. The van der Waals surface area contributed by atoms with E-state index in [9.17, 15) is 10.2 Å². The van der Waals surface area contributed by atoms with Crippen LogP contribution in [0.1, 0.15) is 49.3 Å². The number of hydrogen-bond acceptors (Lipinski definition) is 4. The second kappa shape index (κ2) is 9.89. The normalized spacial score (nSPS) is 17.3. The summed E-state index contributed by atoms with van der Waals surface area (Å²) in [6.45, 7) is 2.17. The van der Waals surface area contributed by atoms with Gasteiger partial charge in [0, 0.05) is 0 Å². The van der Waals surface area contributed by atoms with Gasteiger partial charge in [-0.25, -0.2) is 0 Å². The number of aliphatic hydroxyl groups is 1. The molecule has 0 spiro atoms. The molecule has 0 aliphatic heterocycles. The highest BCUT2D eigenvalue weighted by molar-refractivity contribution is 6.00. The average molecular weight is 389 g/mol. The van der Waals surface area contributed by atoms with Gasteiger partial charge in [-0.3, -0.25) is 0 Å². The molecule has 2 aromatic carbocycles. The summed E-state index contributed by atoms with van der Waals surface area (Å²) in [5.74, 6) is 0.230. The van der Waals surface area contributed by atoms with Crippen molar-refractivity contribution in [3.05, 3.63) is 89.0 Å². The van der Waals surface area contributed by atoms with Gasteiger partial charge >= 0.3 is 0 Å². The Bertz CT molecular complexity index is 952. The number of aliphatic hydroxyl groups excluding tert-OH is 1. The number of oxime groups is 1. The standard InChI is InChI=1S/C25H27NO3/c1-2-3-7-24(21-6-4-5-18(16-21)17-26-29)25(19-8-12-22(27)13-9-19)20-10-14-23(28)15-11-20/h4-6,8-14,16-17,23,27-29H,2-3,7,15H2,1H3/b25-24+,26-17+. The molecule has 4 heteroatoms. The molecule has 0 saturated heterocycles. The molecule has 3 rings (SSSR count). The summed E-state index contributed by atoms with van der Waals surface area (Å²) in [6, 6.07) is 15.2. The van der Waals surface area contributed by atoms with E-state index in [4.69, 9.17) is 5.21 Å². The van der Waals surface area contributed by atoms with Gasteiger partial charge in [0.1, 0.15) is 5.75 Å². The van der Waals surface area contributed by atoms with Crippen LogP contribution in [-0.2, 0) is 0 Å². The number of rotatable bonds is 7. The zero-order valence-corrected chi connectivity index (χ0v) is 16.6. The first-order chi connectivity index (χ1) is 14.1. The molecule has 0 saturated carbocycles. The Kier molecular flexibility index (Phi) is 7.04. The van der Waals surface area contributed by atoms with Crippen molar-refractivity contribution in [2.75, 3.05) is 0 Å². The van der Waals surface area contributed by atoms with Crippen LogP contribution in [0.3, 0.4) is 0 Å². The largest absolute Gasteiger partial charge is 0.508 e. The quantitative estimate of drug-likeness (QED) is 0.252. The van der Waals surface area contributed by atoms with Crippen LogP contribution in [0.4, 0.5) is 0 Å². The smallest absolute Gasteiger partial charge is 0.115 e. The Morgan fingerprint density at radius 1 is 1.14 bits per heavy atom. The van der Waals surface area contributed by atoms with Crippen molar-refractivity contribution in [3.8, 4) is 5.75 Å². The van der Waals surface area contributed by atoms with Gasteiger partial charge in [0.05, 0.1) is 12.3 Å². The summed E-state index contributed by atoms with van der Waals surface area (Å²) >= 11 is 0. The fraction of sp³-hybridized carbons (Fsp3) is 0.240. The molecule has 0 amide bonds. The minimum absolute atomic E-state index is 0.230. The van der Waals surface area contributed by atoms with Gasteiger partial charge in [0.2, 0.25) is 0 Å². The van der Waals surface area contributed by atoms with Crippen LogP contribution in [0, 0.1) is 0 Å². The second-order valence-corrected chi connectivity index (χ2v) is 7.20. The minimum atomic E-state index is -0.456. The molecule has 1 aliphatic rings. The highest BCUT2D eigenvalue weighted by atomic mass is 16.4. The predicted octanol–water partition coefficient (Wildman–Crippen LogP) is 5.55. The van der Waals surface area contributed by atoms with Gasteiger partial charge in [-0.1, -0.05) is 67.1 Å². The fourth-order valence-electron chi connectivity index (χ4n) is 3.58. The third-order valence-electron chi connectivity index (χ3n) is 5.05. The second-order valence-electron chi connectivity index (χ2n) is 7.20. The molecule has 150 valence electrons.